The lowest BCUT2D eigenvalue weighted by molar-refractivity contribution is -0.384. The lowest BCUT2D eigenvalue weighted by Crippen LogP contribution is -2.56. The fourth-order valence-corrected chi connectivity index (χ4v) is 5.40. The maximum atomic E-state index is 12.5. The van der Waals surface area contributed by atoms with E-state index < -0.39 is 19.5 Å². The molecule has 0 saturated carbocycles. The molecule has 1 aliphatic rings. The Morgan fingerprint density at radius 3 is 2.45 bits per heavy atom. The smallest absolute Gasteiger partial charge is 0.333 e. The molecule has 9 heteroatoms. The summed E-state index contributed by atoms with van der Waals surface area (Å²) < 4.78 is 25.6. The van der Waals surface area contributed by atoms with Crippen LogP contribution in [0, 0.1) is 17.0 Å². The molecular formula is C13H22N4O4S. The van der Waals surface area contributed by atoms with E-state index in [9.17, 15) is 18.5 Å². The second-order valence-corrected chi connectivity index (χ2v) is 8.27. The third-order valence-corrected chi connectivity index (χ3v) is 7.45. The van der Waals surface area contributed by atoms with Crippen molar-refractivity contribution >= 4 is 21.3 Å². The lowest BCUT2D eigenvalue weighted by Gasteiger charge is -2.41. The monoisotopic (exact) mass is 330 g/mol. The molecule has 0 amide bonds. The number of aryl methyl sites for hydroxylation is 2. The molecule has 1 aliphatic heterocycles. The molecule has 2 heterocycles. The summed E-state index contributed by atoms with van der Waals surface area (Å²) in [6.45, 7) is 5.82. The van der Waals surface area contributed by atoms with Gasteiger partial charge < -0.3 is 4.90 Å². The van der Waals surface area contributed by atoms with E-state index in [1.807, 2.05) is 13.8 Å². The van der Waals surface area contributed by atoms with Crippen LogP contribution in [-0.2, 0) is 16.9 Å². The normalized spacial score (nSPS) is 20.1. The van der Waals surface area contributed by atoms with Gasteiger partial charge in [0, 0.05) is 20.1 Å². The summed E-state index contributed by atoms with van der Waals surface area (Å²) >= 11 is 0. The van der Waals surface area contributed by atoms with Gasteiger partial charge in [-0.1, -0.05) is 13.8 Å². The molecule has 0 aliphatic carbocycles. The van der Waals surface area contributed by atoms with Gasteiger partial charge in [0.05, 0.1) is 15.4 Å². The second-order valence-electron chi connectivity index (χ2n) is 5.77. The summed E-state index contributed by atoms with van der Waals surface area (Å²) in [4.78, 5) is 12.7. The molecule has 1 aromatic heterocycles. The topological polar surface area (TPSA) is 98.3 Å². The van der Waals surface area contributed by atoms with Crippen molar-refractivity contribution in [1.82, 2.24) is 9.78 Å². The fourth-order valence-electron chi connectivity index (χ4n) is 3.27. The fraction of sp³-hybridized carbons (Fsp3) is 0.769. The first-order valence-corrected chi connectivity index (χ1v) is 8.99. The minimum absolute atomic E-state index is 0.00998. The van der Waals surface area contributed by atoms with Gasteiger partial charge in [-0.15, -0.1) is 0 Å². The van der Waals surface area contributed by atoms with Crippen LogP contribution in [-0.4, -0.2) is 46.7 Å². The minimum atomic E-state index is -3.21. The number of aromatic nitrogens is 2. The predicted octanol–water partition coefficient (Wildman–Crippen LogP) is 1.43. The van der Waals surface area contributed by atoms with Crippen LogP contribution in [0.25, 0.3) is 0 Å². The van der Waals surface area contributed by atoms with E-state index in [4.69, 9.17) is 0 Å². The molecule has 0 unspecified atom stereocenters. The highest BCUT2D eigenvalue weighted by atomic mass is 32.2. The largest absolute Gasteiger partial charge is 0.348 e. The van der Waals surface area contributed by atoms with Crippen LogP contribution in [0.4, 0.5) is 11.5 Å². The van der Waals surface area contributed by atoms with Crippen LogP contribution in [0.1, 0.15) is 32.4 Å². The van der Waals surface area contributed by atoms with Gasteiger partial charge >= 0.3 is 5.69 Å². The van der Waals surface area contributed by atoms with E-state index >= 15 is 0 Å². The van der Waals surface area contributed by atoms with Gasteiger partial charge in [-0.25, -0.2) is 13.1 Å². The average Bonchev–Trinajstić information content (AvgIpc) is 2.74. The van der Waals surface area contributed by atoms with E-state index in [-0.39, 0.29) is 24.5 Å². The molecule has 1 fully saturated rings. The Morgan fingerprint density at radius 1 is 1.36 bits per heavy atom. The zero-order chi connectivity index (χ0) is 16.7. The molecule has 0 aromatic carbocycles. The van der Waals surface area contributed by atoms with Crippen molar-refractivity contribution in [2.75, 3.05) is 23.7 Å². The highest BCUT2D eigenvalue weighted by molar-refractivity contribution is 7.92. The number of anilines is 1. The van der Waals surface area contributed by atoms with Crippen LogP contribution in [0.15, 0.2) is 0 Å². The van der Waals surface area contributed by atoms with Gasteiger partial charge in [-0.2, -0.15) is 5.10 Å². The number of nitrogens with zero attached hydrogens (tertiary/aromatic N) is 4. The van der Waals surface area contributed by atoms with Gasteiger partial charge in [-0.05, 0) is 19.8 Å². The van der Waals surface area contributed by atoms with Crippen LogP contribution in [0.5, 0.6) is 0 Å². The number of sulfone groups is 1. The third kappa shape index (κ3) is 2.37. The van der Waals surface area contributed by atoms with E-state index in [0.29, 0.717) is 24.4 Å². The van der Waals surface area contributed by atoms with Gasteiger partial charge in [0.25, 0.3) is 0 Å². The van der Waals surface area contributed by atoms with Crippen molar-refractivity contribution in [2.24, 2.45) is 7.05 Å². The highest BCUT2D eigenvalue weighted by Crippen LogP contribution is 2.37. The minimum Gasteiger partial charge on any atom is -0.348 e. The van der Waals surface area contributed by atoms with Crippen LogP contribution in [0.3, 0.4) is 0 Å². The zero-order valence-corrected chi connectivity index (χ0v) is 14.2. The number of rotatable bonds is 4. The Kier molecular flexibility index (Phi) is 4.20. The molecular weight excluding hydrogens is 308 g/mol. The molecule has 0 radical (unpaired) electrons. The van der Waals surface area contributed by atoms with Crippen molar-refractivity contribution in [3.05, 3.63) is 15.8 Å². The molecule has 0 atom stereocenters. The summed E-state index contributed by atoms with van der Waals surface area (Å²) in [6, 6.07) is 0. The average molecular weight is 330 g/mol. The molecule has 2 rings (SSSR count). The van der Waals surface area contributed by atoms with Crippen molar-refractivity contribution in [3.63, 3.8) is 0 Å². The molecule has 1 aromatic rings. The molecule has 0 spiro atoms. The zero-order valence-electron chi connectivity index (χ0n) is 13.4. The number of nitro groups is 1. The Labute approximate surface area is 130 Å². The van der Waals surface area contributed by atoms with Crippen LogP contribution in [0.2, 0.25) is 0 Å². The van der Waals surface area contributed by atoms with Gasteiger partial charge in [0.1, 0.15) is 5.69 Å². The van der Waals surface area contributed by atoms with E-state index in [0.717, 1.165) is 0 Å². The maximum Gasteiger partial charge on any atom is 0.333 e. The van der Waals surface area contributed by atoms with Gasteiger partial charge in [0.15, 0.2) is 9.84 Å². The van der Waals surface area contributed by atoms with E-state index in [1.54, 1.807) is 18.9 Å². The summed E-state index contributed by atoms with van der Waals surface area (Å²) in [7, 11) is -1.56. The predicted molar refractivity (Wildman–Crippen MR) is 83.9 cm³/mol. The van der Waals surface area contributed by atoms with Gasteiger partial charge in [-0.3, -0.25) is 10.1 Å². The number of hydrogen-bond acceptors (Lipinski definition) is 6. The quantitative estimate of drug-likeness (QED) is 0.612. The molecule has 22 heavy (non-hydrogen) atoms. The van der Waals surface area contributed by atoms with Crippen molar-refractivity contribution < 1.29 is 13.3 Å². The first-order chi connectivity index (χ1) is 10.2. The molecule has 8 nitrogen and oxygen atoms in total. The summed E-state index contributed by atoms with van der Waals surface area (Å²) in [5.41, 5.74) is 0.303. The maximum absolute atomic E-state index is 12.5. The lowest BCUT2D eigenvalue weighted by atomic mass is 10.0. The molecule has 1 saturated heterocycles. The standard InChI is InChI=1S/C13H22N4O4S/c1-5-13(6-2)9-16(7-8-22(13,20)21)12-11(17(18)19)10(3)14-15(12)4/h5-9H2,1-4H3. The summed E-state index contributed by atoms with van der Waals surface area (Å²) in [5.74, 6) is 0.402. The van der Waals surface area contributed by atoms with E-state index in [1.165, 1.54) is 4.68 Å². The Morgan fingerprint density at radius 2 is 1.95 bits per heavy atom. The van der Waals surface area contributed by atoms with Gasteiger partial charge in [0.2, 0.25) is 5.82 Å². The summed E-state index contributed by atoms with van der Waals surface area (Å²) in [5, 5.41) is 15.5. The van der Waals surface area contributed by atoms with Crippen molar-refractivity contribution in [3.8, 4) is 0 Å². The summed E-state index contributed by atoms with van der Waals surface area (Å²) in [6.07, 6.45) is 0.986. The van der Waals surface area contributed by atoms with Crippen LogP contribution >= 0.6 is 0 Å². The van der Waals surface area contributed by atoms with Crippen LogP contribution < -0.4 is 4.90 Å². The molecule has 0 N–H and O–H groups in total. The number of hydrogen-bond donors (Lipinski definition) is 0. The molecule has 124 valence electrons. The third-order valence-electron chi connectivity index (χ3n) is 4.70. The van der Waals surface area contributed by atoms with E-state index in [2.05, 4.69) is 5.10 Å². The first kappa shape index (κ1) is 16.7. The van der Waals surface area contributed by atoms with Crippen molar-refractivity contribution in [2.45, 2.75) is 38.4 Å². The Balaban J connectivity index is 2.51. The second kappa shape index (κ2) is 5.53. The highest BCUT2D eigenvalue weighted by Gasteiger charge is 2.47. The Bertz CT molecular complexity index is 691. The van der Waals surface area contributed by atoms with Crippen molar-refractivity contribution in [1.29, 1.82) is 0 Å². The molecule has 0 bridgehead atoms. The Hall–Kier alpha value is -1.64. The SMILES string of the molecule is CCC1(CC)CN(c2c([N+](=O)[O-])c(C)nn2C)CCS1(=O)=O. The first-order valence-electron chi connectivity index (χ1n) is 7.34.